The lowest BCUT2D eigenvalue weighted by Gasteiger charge is -2.13. The minimum atomic E-state index is -0.225. The van der Waals surface area contributed by atoms with Gasteiger partial charge in [0.25, 0.3) is 0 Å². The molecule has 0 unspecified atom stereocenters. The SMILES string of the molecule is CC(C)Cc1ccc([C@H](C)C(=O)OCCCc2cccnc2)cc1. The second-order valence-electron chi connectivity index (χ2n) is 6.69. The molecule has 0 saturated heterocycles. The summed E-state index contributed by atoms with van der Waals surface area (Å²) in [5.41, 5.74) is 3.49. The summed E-state index contributed by atoms with van der Waals surface area (Å²) in [4.78, 5) is 16.3. The fraction of sp³-hybridized carbons (Fsp3) is 0.429. The zero-order chi connectivity index (χ0) is 17.4. The van der Waals surface area contributed by atoms with Crippen LogP contribution in [0.15, 0.2) is 48.8 Å². The number of rotatable bonds is 8. The highest BCUT2D eigenvalue weighted by atomic mass is 16.5. The average molecular weight is 325 g/mol. The smallest absolute Gasteiger partial charge is 0.313 e. The largest absolute Gasteiger partial charge is 0.465 e. The Labute approximate surface area is 145 Å². The average Bonchev–Trinajstić information content (AvgIpc) is 2.59. The number of esters is 1. The van der Waals surface area contributed by atoms with E-state index >= 15 is 0 Å². The number of hydrogen-bond acceptors (Lipinski definition) is 3. The number of aryl methyl sites for hydroxylation is 1. The van der Waals surface area contributed by atoms with Gasteiger partial charge in [-0.15, -0.1) is 0 Å². The molecule has 1 heterocycles. The van der Waals surface area contributed by atoms with Crippen LogP contribution in [-0.2, 0) is 22.4 Å². The molecule has 2 rings (SSSR count). The molecule has 0 fully saturated rings. The van der Waals surface area contributed by atoms with Crippen LogP contribution in [0.1, 0.15) is 49.8 Å². The van der Waals surface area contributed by atoms with Crippen LogP contribution >= 0.6 is 0 Å². The number of aromatic nitrogens is 1. The third kappa shape index (κ3) is 5.80. The predicted molar refractivity (Wildman–Crippen MR) is 96.9 cm³/mol. The van der Waals surface area contributed by atoms with Crippen molar-refractivity contribution in [2.75, 3.05) is 6.61 Å². The molecule has 1 atom stereocenters. The summed E-state index contributed by atoms with van der Waals surface area (Å²) in [6.45, 7) is 6.77. The van der Waals surface area contributed by atoms with Crippen molar-refractivity contribution in [1.29, 1.82) is 0 Å². The maximum Gasteiger partial charge on any atom is 0.313 e. The molecular weight excluding hydrogens is 298 g/mol. The molecule has 0 bridgehead atoms. The first-order valence-electron chi connectivity index (χ1n) is 8.70. The molecule has 0 radical (unpaired) electrons. The first kappa shape index (κ1) is 18.2. The molecule has 2 aromatic rings. The Hall–Kier alpha value is -2.16. The second-order valence-corrected chi connectivity index (χ2v) is 6.69. The zero-order valence-electron chi connectivity index (χ0n) is 14.9. The molecule has 0 aliphatic heterocycles. The van der Waals surface area contributed by atoms with Gasteiger partial charge in [0.1, 0.15) is 0 Å². The highest BCUT2D eigenvalue weighted by Crippen LogP contribution is 2.19. The third-order valence-corrected chi connectivity index (χ3v) is 4.05. The van der Waals surface area contributed by atoms with E-state index in [1.54, 1.807) is 6.20 Å². The summed E-state index contributed by atoms with van der Waals surface area (Å²) in [5, 5.41) is 0. The van der Waals surface area contributed by atoms with Crippen LogP contribution in [0, 0.1) is 5.92 Å². The van der Waals surface area contributed by atoms with Crippen LogP contribution in [-0.4, -0.2) is 17.6 Å². The van der Waals surface area contributed by atoms with E-state index in [1.807, 2.05) is 37.4 Å². The molecule has 0 spiro atoms. The van der Waals surface area contributed by atoms with Gasteiger partial charge in [-0.05, 0) is 54.9 Å². The number of ether oxygens (including phenoxy) is 1. The molecule has 0 aliphatic carbocycles. The van der Waals surface area contributed by atoms with Gasteiger partial charge < -0.3 is 4.74 Å². The Balaban J connectivity index is 1.77. The van der Waals surface area contributed by atoms with Crippen molar-refractivity contribution in [3.8, 4) is 0 Å². The van der Waals surface area contributed by atoms with E-state index in [0.29, 0.717) is 12.5 Å². The van der Waals surface area contributed by atoms with Gasteiger partial charge in [0, 0.05) is 12.4 Å². The minimum absolute atomic E-state index is 0.155. The Morgan fingerprint density at radius 2 is 1.83 bits per heavy atom. The maximum atomic E-state index is 12.2. The van der Waals surface area contributed by atoms with E-state index in [2.05, 4.69) is 31.0 Å². The Bertz CT molecular complexity index is 620. The summed E-state index contributed by atoms with van der Waals surface area (Å²) in [5.74, 6) is 0.257. The van der Waals surface area contributed by atoms with Gasteiger partial charge in [0.05, 0.1) is 12.5 Å². The maximum absolute atomic E-state index is 12.2. The molecule has 0 aliphatic rings. The molecule has 1 aromatic heterocycles. The van der Waals surface area contributed by atoms with Crippen LogP contribution < -0.4 is 0 Å². The van der Waals surface area contributed by atoms with Gasteiger partial charge in [0.2, 0.25) is 0 Å². The highest BCUT2D eigenvalue weighted by Gasteiger charge is 2.16. The van der Waals surface area contributed by atoms with E-state index in [-0.39, 0.29) is 11.9 Å². The Kier molecular flexibility index (Phi) is 6.98. The van der Waals surface area contributed by atoms with Gasteiger partial charge in [-0.3, -0.25) is 9.78 Å². The van der Waals surface area contributed by atoms with Crippen molar-refractivity contribution >= 4 is 5.97 Å². The summed E-state index contributed by atoms with van der Waals surface area (Å²) >= 11 is 0. The predicted octanol–water partition coefficient (Wildman–Crippen LogP) is 4.56. The van der Waals surface area contributed by atoms with Gasteiger partial charge >= 0.3 is 5.97 Å². The van der Waals surface area contributed by atoms with E-state index in [0.717, 1.165) is 24.8 Å². The summed E-state index contributed by atoms with van der Waals surface area (Å²) in [6, 6.07) is 12.3. The van der Waals surface area contributed by atoms with E-state index < -0.39 is 0 Å². The second kappa shape index (κ2) is 9.21. The molecule has 0 amide bonds. The molecule has 1 aromatic carbocycles. The Morgan fingerprint density at radius 1 is 1.08 bits per heavy atom. The number of carbonyl (C=O) groups excluding carboxylic acids is 1. The molecule has 0 N–H and O–H groups in total. The first-order chi connectivity index (χ1) is 11.6. The minimum Gasteiger partial charge on any atom is -0.465 e. The fourth-order valence-electron chi connectivity index (χ4n) is 2.67. The first-order valence-corrected chi connectivity index (χ1v) is 8.70. The number of carbonyl (C=O) groups is 1. The lowest BCUT2D eigenvalue weighted by atomic mass is 9.97. The lowest BCUT2D eigenvalue weighted by Crippen LogP contribution is -2.14. The Morgan fingerprint density at radius 3 is 2.46 bits per heavy atom. The van der Waals surface area contributed by atoms with Crippen LogP contribution in [0.25, 0.3) is 0 Å². The zero-order valence-corrected chi connectivity index (χ0v) is 14.9. The van der Waals surface area contributed by atoms with Gasteiger partial charge in [-0.2, -0.15) is 0 Å². The summed E-state index contributed by atoms with van der Waals surface area (Å²) < 4.78 is 5.42. The normalized spacial score (nSPS) is 12.2. The molecule has 128 valence electrons. The van der Waals surface area contributed by atoms with E-state index in [4.69, 9.17) is 4.74 Å². The molecule has 3 heteroatoms. The van der Waals surface area contributed by atoms with Gasteiger partial charge in [0.15, 0.2) is 0 Å². The van der Waals surface area contributed by atoms with Gasteiger partial charge in [-0.25, -0.2) is 0 Å². The molecular formula is C21H27NO2. The molecule has 24 heavy (non-hydrogen) atoms. The number of nitrogens with zero attached hydrogens (tertiary/aromatic N) is 1. The number of pyridine rings is 1. The van der Waals surface area contributed by atoms with Crippen molar-refractivity contribution in [3.05, 3.63) is 65.5 Å². The van der Waals surface area contributed by atoms with Crippen molar-refractivity contribution < 1.29 is 9.53 Å². The third-order valence-electron chi connectivity index (χ3n) is 4.05. The monoisotopic (exact) mass is 325 g/mol. The highest BCUT2D eigenvalue weighted by molar-refractivity contribution is 5.77. The summed E-state index contributed by atoms with van der Waals surface area (Å²) in [6.07, 6.45) is 6.37. The molecule has 3 nitrogen and oxygen atoms in total. The molecule has 0 saturated carbocycles. The van der Waals surface area contributed by atoms with Gasteiger partial charge in [-0.1, -0.05) is 44.2 Å². The van der Waals surface area contributed by atoms with E-state index in [9.17, 15) is 4.79 Å². The quantitative estimate of drug-likeness (QED) is 0.527. The topological polar surface area (TPSA) is 39.2 Å². The van der Waals surface area contributed by atoms with Crippen LogP contribution in [0.5, 0.6) is 0 Å². The fourth-order valence-corrected chi connectivity index (χ4v) is 2.67. The number of hydrogen-bond donors (Lipinski definition) is 0. The van der Waals surface area contributed by atoms with Crippen molar-refractivity contribution in [1.82, 2.24) is 4.98 Å². The van der Waals surface area contributed by atoms with Crippen LogP contribution in [0.3, 0.4) is 0 Å². The summed E-state index contributed by atoms with van der Waals surface area (Å²) in [7, 11) is 0. The standard InChI is InChI=1S/C21H27NO2/c1-16(2)14-18-8-10-20(11-9-18)17(3)21(23)24-13-5-7-19-6-4-12-22-15-19/h4,6,8-12,15-17H,5,7,13-14H2,1-3H3/t17-/m0/s1. The van der Waals surface area contributed by atoms with Crippen LogP contribution in [0.4, 0.5) is 0 Å². The van der Waals surface area contributed by atoms with E-state index in [1.165, 1.54) is 11.1 Å². The van der Waals surface area contributed by atoms with Crippen molar-refractivity contribution in [2.24, 2.45) is 5.92 Å². The van der Waals surface area contributed by atoms with Crippen molar-refractivity contribution in [2.45, 2.75) is 46.0 Å². The van der Waals surface area contributed by atoms with Crippen molar-refractivity contribution in [3.63, 3.8) is 0 Å². The lowest BCUT2D eigenvalue weighted by molar-refractivity contribution is -0.145. The number of benzene rings is 1. The van der Waals surface area contributed by atoms with Crippen LogP contribution in [0.2, 0.25) is 0 Å².